The number of nitrogens with zero attached hydrogens (tertiary/aromatic N) is 1. The van der Waals surface area contributed by atoms with Gasteiger partial charge in [-0.05, 0) is 53.9 Å². The molecule has 11 heteroatoms. The van der Waals surface area contributed by atoms with Gasteiger partial charge in [0.25, 0.3) is 0 Å². The third kappa shape index (κ3) is 7.51. The highest BCUT2D eigenvalue weighted by Gasteiger charge is 2.35. The molecule has 208 valence electrons. The average molecular weight is 572 g/mol. The maximum Gasteiger partial charge on any atom is 0.318 e. The number of hydrogen-bond donors (Lipinski definition) is 3. The van der Waals surface area contributed by atoms with Gasteiger partial charge in [-0.25, -0.2) is 4.79 Å². The summed E-state index contributed by atoms with van der Waals surface area (Å²) in [5.74, 6) is -0.451. The monoisotopic (exact) mass is 571 g/mol. The van der Waals surface area contributed by atoms with Gasteiger partial charge in [0.15, 0.2) is 11.5 Å². The van der Waals surface area contributed by atoms with Crippen LogP contribution in [-0.4, -0.2) is 40.7 Å². The second-order valence-corrected chi connectivity index (χ2v) is 11.7. The molecular formula is C28H33N3O6S2. The van der Waals surface area contributed by atoms with Crippen LogP contribution in [-0.2, 0) is 28.2 Å². The first-order valence-electron chi connectivity index (χ1n) is 12.8. The Hall–Kier alpha value is -3.57. The molecule has 0 bridgehead atoms. The van der Waals surface area contributed by atoms with Gasteiger partial charge in [-0.2, -0.15) is 0 Å². The van der Waals surface area contributed by atoms with Crippen molar-refractivity contribution in [3.05, 3.63) is 68.5 Å². The summed E-state index contributed by atoms with van der Waals surface area (Å²) in [6, 6.07) is 11.8. The van der Waals surface area contributed by atoms with Crippen LogP contribution in [0, 0.1) is 0 Å². The molecule has 0 radical (unpaired) electrons. The lowest BCUT2D eigenvalue weighted by Gasteiger charge is -2.33. The number of unbranched alkanes of at least 4 members (excludes halogenated alkanes) is 1. The first-order valence-corrected chi connectivity index (χ1v) is 14.6. The van der Waals surface area contributed by atoms with Crippen molar-refractivity contribution in [2.75, 3.05) is 6.79 Å². The Morgan fingerprint density at radius 1 is 1.05 bits per heavy atom. The van der Waals surface area contributed by atoms with Gasteiger partial charge in [0.1, 0.15) is 6.04 Å². The van der Waals surface area contributed by atoms with E-state index in [-0.39, 0.29) is 19.2 Å². The van der Waals surface area contributed by atoms with Crippen molar-refractivity contribution in [3.8, 4) is 11.5 Å². The lowest BCUT2D eigenvalue weighted by Crippen LogP contribution is -2.55. The highest BCUT2D eigenvalue weighted by atomic mass is 32.1. The maximum absolute atomic E-state index is 13.7. The van der Waals surface area contributed by atoms with Gasteiger partial charge in [0.2, 0.25) is 12.7 Å². The largest absolute Gasteiger partial charge is 0.481 e. The van der Waals surface area contributed by atoms with Crippen LogP contribution < -0.4 is 20.1 Å². The lowest BCUT2D eigenvalue weighted by molar-refractivity contribution is -0.139. The molecule has 1 aromatic carbocycles. The van der Waals surface area contributed by atoms with Crippen LogP contribution in [0.4, 0.5) is 4.79 Å². The number of amides is 3. The number of carboxylic acid groups (broad SMARTS) is 1. The molecule has 3 amide bonds. The third-order valence-corrected chi connectivity index (χ3v) is 8.24. The van der Waals surface area contributed by atoms with E-state index in [9.17, 15) is 19.5 Å². The van der Waals surface area contributed by atoms with Gasteiger partial charge in [0.05, 0.1) is 25.0 Å². The van der Waals surface area contributed by atoms with Crippen molar-refractivity contribution in [3.63, 3.8) is 0 Å². The van der Waals surface area contributed by atoms with Crippen LogP contribution in [0.1, 0.15) is 54.8 Å². The summed E-state index contributed by atoms with van der Waals surface area (Å²) in [5, 5.41) is 19.5. The van der Waals surface area contributed by atoms with Gasteiger partial charge in [-0.3, -0.25) is 9.59 Å². The molecule has 0 fully saturated rings. The van der Waals surface area contributed by atoms with Crippen LogP contribution in [0.5, 0.6) is 11.5 Å². The minimum Gasteiger partial charge on any atom is -0.481 e. The van der Waals surface area contributed by atoms with E-state index in [4.69, 9.17) is 9.47 Å². The first kappa shape index (κ1) is 28.4. The Morgan fingerprint density at radius 2 is 1.72 bits per heavy atom. The maximum atomic E-state index is 13.7. The SMILES string of the molecule is CCCC[C@@H](NC(=O)N(Cc1cccs1)Cc1cccs1)C(=O)N[C@](C)(CC(=O)O)c1ccc2c(c1)OCO2. The number of fused-ring (bicyclic) bond motifs is 1. The van der Waals surface area contributed by atoms with Crippen LogP contribution in [0.3, 0.4) is 0 Å². The number of carbonyl (C=O) groups excluding carboxylic acids is 2. The number of carbonyl (C=O) groups is 3. The first-order chi connectivity index (χ1) is 18.8. The van der Waals surface area contributed by atoms with E-state index < -0.39 is 23.5 Å². The highest BCUT2D eigenvalue weighted by molar-refractivity contribution is 7.10. The Bertz CT molecular complexity index is 1230. The predicted molar refractivity (Wildman–Crippen MR) is 150 cm³/mol. The molecule has 2 aromatic heterocycles. The number of carboxylic acids is 1. The molecule has 3 aromatic rings. The molecule has 39 heavy (non-hydrogen) atoms. The smallest absolute Gasteiger partial charge is 0.318 e. The Morgan fingerprint density at radius 3 is 2.31 bits per heavy atom. The quantitative estimate of drug-likeness (QED) is 0.256. The molecule has 0 aliphatic carbocycles. The fourth-order valence-electron chi connectivity index (χ4n) is 4.42. The number of thiophene rings is 2. The summed E-state index contributed by atoms with van der Waals surface area (Å²) in [5.41, 5.74) is -0.674. The number of rotatable bonds is 13. The lowest BCUT2D eigenvalue weighted by atomic mass is 9.87. The molecule has 9 nitrogen and oxygen atoms in total. The molecule has 0 saturated heterocycles. The third-order valence-electron chi connectivity index (χ3n) is 6.51. The zero-order chi connectivity index (χ0) is 27.8. The summed E-state index contributed by atoms with van der Waals surface area (Å²) in [4.78, 5) is 42.8. The summed E-state index contributed by atoms with van der Waals surface area (Å²) >= 11 is 3.14. The van der Waals surface area contributed by atoms with E-state index in [1.54, 1.807) is 52.7 Å². The van der Waals surface area contributed by atoms with Crippen LogP contribution in [0.2, 0.25) is 0 Å². The standard InChI is InChI=1S/C28H33N3O6S2/c1-3-4-9-22(29-27(35)31(16-20-7-5-12-38-20)17-21-8-6-13-39-21)26(34)30-28(2,15-25(32)33)19-10-11-23-24(14-19)37-18-36-23/h5-8,10-14,22H,3-4,9,15-18H2,1-2H3,(H,29,35)(H,30,34)(H,32,33)/t22-,28-/m1/s1. The Kier molecular flexibility index (Phi) is 9.47. The molecule has 1 aliphatic rings. The number of ether oxygens (including phenoxy) is 2. The van der Waals surface area contributed by atoms with Crippen molar-refractivity contribution in [1.29, 1.82) is 0 Å². The van der Waals surface area contributed by atoms with E-state index >= 15 is 0 Å². The highest BCUT2D eigenvalue weighted by Crippen LogP contribution is 2.37. The molecule has 3 N–H and O–H groups in total. The summed E-state index contributed by atoms with van der Waals surface area (Å²) in [6.07, 6.45) is 1.62. The van der Waals surface area contributed by atoms with E-state index in [1.807, 2.05) is 41.9 Å². The second-order valence-electron chi connectivity index (χ2n) is 9.62. The fourth-order valence-corrected chi connectivity index (χ4v) is 5.86. The Balaban J connectivity index is 1.54. The number of aliphatic carboxylic acids is 1. The minimum absolute atomic E-state index is 0.0827. The van der Waals surface area contributed by atoms with Gasteiger partial charge in [-0.1, -0.05) is 38.0 Å². The summed E-state index contributed by atoms with van der Waals surface area (Å²) in [7, 11) is 0. The van der Waals surface area contributed by atoms with Gasteiger partial charge < -0.3 is 30.1 Å². The van der Waals surface area contributed by atoms with Crippen molar-refractivity contribution in [2.45, 2.75) is 64.2 Å². The molecule has 1 aliphatic heterocycles. The van der Waals surface area contributed by atoms with E-state index in [1.165, 1.54) is 0 Å². The molecule has 2 atom stereocenters. The van der Waals surface area contributed by atoms with Crippen LogP contribution in [0.15, 0.2) is 53.2 Å². The zero-order valence-corrected chi connectivity index (χ0v) is 23.6. The van der Waals surface area contributed by atoms with Crippen molar-refractivity contribution < 1.29 is 29.0 Å². The molecule has 3 heterocycles. The predicted octanol–water partition coefficient (Wildman–Crippen LogP) is 5.32. The summed E-state index contributed by atoms with van der Waals surface area (Å²) < 4.78 is 10.8. The number of benzene rings is 1. The molecule has 4 rings (SSSR count). The number of nitrogens with one attached hydrogen (secondary N) is 2. The topological polar surface area (TPSA) is 117 Å². The number of urea groups is 1. The molecule has 0 unspecified atom stereocenters. The molecular weight excluding hydrogens is 538 g/mol. The number of hydrogen-bond acceptors (Lipinski definition) is 7. The van der Waals surface area contributed by atoms with Gasteiger partial charge in [0, 0.05) is 9.75 Å². The normalized spacial score (nSPS) is 14.3. The van der Waals surface area contributed by atoms with E-state index in [2.05, 4.69) is 10.6 Å². The van der Waals surface area contributed by atoms with E-state index in [0.717, 1.165) is 16.2 Å². The van der Waals surface area contributed by atoms with Crippen molar-refractivity contribution >= 4 is 40.6 Å². The van der Waals surface area contributed by atoms with E-state index in [0.29, 0.717) is 43.0 Å². The minimum atomic E-state index is -1.24. The van der Waals surface area contributed by atoms with Crippen LogP contribution >= 0.6 is 22.7 Å². The van der Waals surface area contributed by atoms with Crippen molar-refractivity contribution in [1.82, 2.24) is 15.5 Å². The average Bonchev–Trinajstić information content (AvgIpc) is 3.68. The molecule has 0 saturated carbocycles. The molecule has 0 spiro atoms. The second kappa shape index (κ2) is 13.0. The zero-order valence-electron chi connectivity index (χ0n) is 22.0. The van der Waals surface area contributed by atoms with Gasteiger partial charge in [-0.15, -0.1) is 22.7 Å². The fraction of sp³-hybridized carbons (Fsp3) is 0.393. The summed E-state index contributed by atoms with van der Waals surface area (Å²) in [6.45, 7) is 4.58. The van der Waals surface area contributed by atoms with Gasteiger partial charge >= 0.3 is 12.0 Å². The Labute approximate surface area is 235 Å². The van der Waals surface area contributed by atoms with Crippen LogP contribution in [0.25, 0.3) is 0 Å². The van der Waals surface area contributed by atoms with Crippen molar-refractivity contribution in [2.24, 2.45) is 0 Å².